The zero-order valence-corrected chi connectivity index (χ0v) is 21.9. The van der Waals surface area contributed by atoms with E-state index in [2.05, 4.69) is 94.0 Å². The van der Waals surface area contributed by atoms with Gasteiger partial charge in [-0.25, -0.2) is 0 Å². The minimum Gasteiger partial charge on any atom is -0.345 e. The molecule has 5 heteroatoms. The average molecular weight is 500 g/mol. The maximum absolute atomic E-state index is 13.0. The van der Waals surface area contributed by atoms with E-state index in [4.69, 9.17) is 0 Å². The number of nitrogens with zero attached hydrogens (tertiary/aromatic N) is 2. The third-order valence-electron chi connectivity index (χ3n) is 7.41. The summed E-state index contributed by atoms with van der Waals surface area (Å²) in [7, 11) is 0. The summed E-state index contributed by atoms with van der Waals surface area (Å²) >= 11 is 1.86. The van der Waals surface area contributed by atoms with Crippen LogP contribution in [0.4, 0.5) is 0 Å². The van der Waals surface area contributed by atoms with Crippen LogP contribution in [0, 0.1) is 0 Å². The molecule has 5 rings (SSSR count). The van der Waals surface area contributed by atoms with Gasteiger partial charge in [0.05, 0.1) is 6.04 Å². The molecule has 1 atom stereocenters. The summed E-state index contributed by atoms with van der Waals surface area (Å²) in [5.41, 5.74) is 5.19. The second-order valence-electron chi connectivity index (χ2n) is 9.90. The molecule has 4 nitrogen and oxygen atoms in total. The molecule has 0 aliphatic carbocycles. The molecular weight excluding hydrogens is 462 g/mol. The highest BCUT2D eigenvalue weighted by atomic mass is 32.2. The van der Waals surface area contributed by atoms with Gasteiger partial charge in [-0.05, 0) is 60.7 Å². The highest BCUT2D eigenvalue weighted by Crippen LogP contribution is 2.39. The fourth-order valence-corrected chi connectivity index (χ4v) is 6.46. The number of nitrogens with one attached hydrogen (secondary N) is 1. The van der Waals surface area contributed by atoms with Gasteiger partial charge in [0.15, 0.2) is 0 Å². The van der Waals surface area contributed by atoms with E-state index in [0.717, 1.165) is 51.3 Å². The fourth-order valence-electron chi connectivity index (χ4n) is 5.36. The summed E-state index contributed by atoms with van der Waals surface area (Å²) < 4.78 is 0. The molecule has 0 saturated carbocycles. The topological polar surface area (TPSA) is 35.6 Å². The van der Waals surface area contributed by atoms with Gasteiger partial charge in [0.1, 0.15) is 0 Å². The summed E-state index contributed by atoms with van der Waals surface area (Å²) in [6, 6.07) is 27.7. The summed E-state index contributed by atoms with van der Waals surface area (Å²) in [5, 5.41) is 3.37. The molecular formula is C31H37N3OS. The maximum Gasteiger partial charge on any atom is 0.220 e. The molecule has 1 fully saturated rings. The first kappa shape index (κ1) is 25.1. The molecule has 2 aliphatic rings. The minimum absolute atomic E-state index is 0.0701. The molecule has 1 N–H and O–H groups in total. The number of thioether (sulfide) groups is 1. The standard InChI is InChI=1S/C31H37N3OS/c35-30(32-31-27-14-5-4-13-26(27)24-36-29-16-7-6-15-28(29)31)17-9-19-34-22-20-33(21-23-34)18-8-12-25-10-2-1-3-11-25/h1-7,10-11,13-16,31H,8-9,12,17-24H2,(H,32,35). The first-order chi connectivity index (χ1) is 17.8. The van der Waals surface area contributed by atoms with Crippen molar-refractivity contribution in [1.82, 2.24) is 15.1 Å². The molecule has 0 spiro atoms. The van der Waals surface area contributed by atoms with E-state index in [-0.39, 0.29) is 11.9 Å². The molecule has 1 amide bonds. The number of amides is 1. The summed E-state index contributed by atoms with van der Waals surface area (Å²) in [6.45, 7) is 6.65. The van der Waals surface area contributed by atoms with Crippen molar-refractivity contribution >= 4 is 17.7 Å². The summed E-state index contributed by atoms with van der Waals surface area (Å²) in [6.07, 6.45) is 3.86. The van der Waals surface area contributed by atoms with Crippen LogP contribution < -0.4 is 5.32 Å². The zero-order valence-electron chi connectivity index (χ0n) is 21.1. The number of fused-ring (bicyclic) bond motifs is 2. The normalized spacial score (nSPS) is 18.2. The Balaban J connectivity index is 1.06. The van der Waals surface area contributed by atoms with Crippen molar-refractivity contribution < 1.29 is 4.79 Å². The number of carbonyl (C=O) groups is 1. The molecule has 36 heavy (non-hydrogen) atoms. The van der Waals surface area contributed by atoms with Crippen LogP contribution in [0.1, 0.15) is 47.6 Å². The van der Waals surface area contributed by atoms with Gasteiger partial charge in [-0.3, -0.25) is 4.79 Å². The Kier molecular flexibility index (Phi) is 8.76. The highest BCUT2D eigenvalue weighted by molar-refractivity contribution is 7.98. The average Bonchev–Trinajstić information content (AvgIpc) is 3.07. The number of hydrogen-bond acceptors (Lipinski definition) is 4. The molecule has 0 radical (unpaired) electrons. The van der Waals surface area contributed by atoms with Crippen molar-refractivity contribution in [3.05, 3.63) is 101 Å². The van der Waals surface area contributed by atoms with Crippen LogP contribution in [-0.4, -0.2) is 55.0 Å². The maximum atomic E-state index is 13.0. The lowest BCUT2D eigenvalue weighted by atomic mass is 9.95. The third kappa shape index (κ3) is 6.58. The van der Waals surface area contributed by atoms with Gasteiger partial charge in [-0.1, -0.05) is 72.8 Å². The Hall–Kier alpha value is -2.60. The van der Waals surface area contributed by atoms with Gasteiger partial charge in [0.2, 0.25) is 5.91 Å². The van der Waals surface area contributed by atoms with E-state index in [1.165, 1.54) is 40.1 Å². The zero-order chi connectivity index (χ0) is 24.6. The molecule has 3 aromatic rings. The van der Waals surface area contributed by atoms with E-state index in [9.17, 15) is 4.79 Å². The highest BCUT2D eigenvalue weighted by Gasteiger charge is 2.25. The van der Waals surface area contributed by atoms with Crippen LogP contribution in [-0.2, 0) is 17.0 Å². The fraction of sp³-hybridized carbons (Fsp3) is 0.387. The van der Waals surface area contributed by atoms with Gasteiger partial charge >= 0.3 is 0 Å². The number of carbonyl (C=O) groups excluding carboxylic acids is 1. The van der Waals surface area contributed by atoms with Crippen molar-refractivity contribution in [2.24, 2.45) is 0 Å². The lowest BCUT2D eigenvalue weighted by molar-refractivity contribution is -0.121. The van der Waals surface area contributed by atoms with E-state index in [1.54, 1.807) is 0 Å². The summed E-state index contributed by atoms with van der Waals surface area (Å²) in [5.74, 6) is 1.09. The first-order valence-electron chi connectivity index (χ1n) is 13.3. The first-order valence-corrected chi connectivity index (χ1v) is 14.3. The predicted molar refractivity (Wildman–Crippen MR) is 149 cm³/mol. The molecule has 2 aliphatic heterocycles. The van der Waals surface area contributed by atoms with Gasteiger partial charge < -0.3 is 15.1 Å². The molecule has 3 aromatic carbocycles. The molecule has 1 saturated heterocycles. The smallest absolute Gasteiger partial charge is 0.220 e. The number of piperazine rings is 1. The molecule has 0 bridgehead atoms. The van der Waals surface area contributed by atoms with E-state index in [1.807, 2.05) is 11.8 Å². The van der Waals surface area contributed by atoms with E-state index < -0.39 is 0 Å². The molecule has 2 heterocycles. The Morgan fingerprint density at radius 3 is 2.19 bits per heavy atom. The van der Waals surface area contributed by atoms with Crippen molar-refractivity contribution in [2.75, 3.05) is 39.3 Å². The van der Waals surface area contributed by atoms with Crippen molar-refractivity contribution in [1.29, 1.82) is 0 Å². The van der Waals surface area contributed by atoms with Crippen LogP contribution in [0.3, 0.4) is 0 Å². The number of aryl methyl sites for hydroxylation is 1. The van der Waals surface area contributed by atoms with Crippen LogP contribution in [0.25, 0.3) is 0 Å². The Morgan fingerprint density at radius 1 is 0.778 bits per heavy atom. The molecule has 1 unspecified atom stereocenters. The minimum atomic E-state index is -0.0701. The quantitative estimate of drug-likeness (QED) is 0.420. The van der Waals surface area contributed by atoms with Gasteiger partial charge in [0, 0.05) is 43.2 Å². The van der Waals surface area contributed by atoms with Gasteiger partial charge in [-0.2, -0.15) is 0 Å². The lowest BCUT2D eigenvalue weighted by Crippen LogP contribution is -2.46. The lowest BCUT2D eigenvalue weighted by Gasteiger charge is -2.34. The third-order valence-corrected chi connectivity index (χ3v) is 8.55. The van der Waals surface area contributed by atoms with Crippen LogP contribution in [0.5, 0.6) is 0 Å². The Bertz CT molecular complexity index is 1080. The van der Waals surface area contributed by atoms with Crippen LogP contribution >= 0.6 is 11.8 Å². The Labute approximate surface area is 220 Å². The number of rotatable bonds is 9. The molecule has 188 valence electrons. The van der Waals surface area contributed by atoms with E-state index >= 15 is 0 Å². The second-order valence-corrected chi connectivity index (χ2v) is 10.9. The SMILES string of the molecule is O=C(CCCN1CCN(CCCc2ccccc2)CC1)NC1c2ccccc2CSc2ccccc21. The monoisotopic (exact) mass is 499 g/mol. The summed E-state index contributed by atoms with van der Waals surface area (Å²) in [4.78, 5) is 19.4. The van der Waals surface area contributed by atoms with Crippen molar-refractivity contribution in [3.63, 3.8) is 0 Å². The second kappa shape index (κ2) is 12.6. The largest absolute Gasteiger partial charge is 0.345 e. The van der Waals surface area contributed by atoms with Crippen molar-refractivity contribution in [2.45, 2.75) is 42.4 Å². The molecule has 0 aromatic heterocycles. The van der Waals surface area contributed by atoms with Gasteiger partial charge in [0.25, 0.3) is 0 Å². The van der Waals surface area contributed by atoms with Crippen LogP contribution in [0.15, 0.2) is 83.8 Å². The van der Waals surface area contributed by atoms with Crippen LogP contribution in [0.2, 0.25) is 0 Å². The number of hydrogen-bond donors (Lipinski definition) is 1. The predicted octanol–water partition coefficient (Wildman–Crippen LogP) is 5.53. The van der Waals surface area contributed by atoms with Crippen molar-refractivity contribution in [3.8, 4) is 0 Å². The Morgan fingerprint density at radius 2 is 1.42 bits per heavy atom. The number of benzene rings is 3. The van der Waals surface area contributed by atoms with E-state index in [0.29, 0.717) is 6.42 Å². The van der Waals surface area contributed by atoms with Gasteiger partial charge in [-0.15, -0.1) is 11.8 Å².